The predicted molar refractivity (Wildman–Crippen MR) is 88.9 cm³/mol. The zero-order chi connectivity index (χ0) is 17.6. The van der Waals surface area contributed by atoms with Gasteiger partial charge in [0.1, 0.15) is 5.60 Å². The van der Waals surface area contributed by atoms with Gasteiger partial charge in [0.25, 0.3) is 5.91 Å². The summed E-state index contributed by atoms with van der Waals surface area (Å²) in [5.74, 6) is 0.598. The zero-order valence-corrected chi connectivity index (χ0v) is 14.3. The van der Waals surface area contributed by atoms with Crippen LogP contribution in [0.15, 0.2) is 24.8 Å². The van der Waals surface area contributed by atoms with Gasteiger partial charge in [-0.2, -0.15) is 5.10 Å². The van der Waals surface area contributed by atoms with Crippen LogP contribution in [0, 0.1) is 11.8 Å². The van der Waals surface area contributed by atoms with Gasteiger partial charge >= 0.3 is 0 Å². The second-order valence-corrected chi connectivity index (χ2v) is 7.05. The molecule has 0 radical (unpaired) electrons. The normalized spacial score (nSPS) is 24.0. The SMILES string of the molecule is COC1(CNC(=O)[C@H]2C[C@@H]2C)CN(C(=O)c2cnn3ccncc23)C1. The number of ether oxygens (including phenoxy) is 1. The number of rotatable bonds is 5. The Hall–Kier alpha value is -2.48. The molecule has 2 aliphatic rings. The Bertz CT molecular complexity index is 827. The largest absolute Gasteiger partial charge is 0.373 e. The van der Waals surface area contributed by atoms with Crippen molar-refractivity contribution in [3.05, 3.63) is 30.4 Å². The summed E-state index contributed by atoms with van der Waals surface area (Å²) in [6.07, 6.45) is 7.47. The van der Waals surface area contributed by atoms with Crippen LogP contribution in [-0.4, -0.2) is 63.7 Å². The third kappa shape index (κ3) is 2.76. The summed E-state index contributed by atoms with van der Waals surface area (Å²) in [5, 5.41) is 7.14. The van der Waals surface area contributed by atoms with Gasteiger partial charge in [0.05, 0.1) is 43.1 Å². The van der Waals surface area contributed by atoms with Crippen LogP contribution in [-0.2, 0) is 9.53 Å². The van der Waals surface area contributed by atoms with Crippen molar-refractivity contribution in [2.24, 2.45) is 11.8 Å². The van der Waals surface area contributed by atoms with Crippen molar-refractivity contribution < 1.29 is 14.3 Å². The predicted octanol–water partition coefficient (Wildman–Crippen LogP) is 0.343. The number of nitrogens with zero attached hydrogens (tertiary/aromatic N) is 4. The van der Waals surface area contributed by atoms with E-state index in [-0.39, 0.29) is 17.7 Å². The van der Waals surface area contributed by atoms with Crippen LogP contribution >= 0.6 is 0 Å². The Balaban J connectivity index is 1.39. The highest BCUT2D eigenvalue weighted by molar-refractivity contribution is 6.01. The van der Waals surface area contributed by atoms with Gasteiger partial charge in [-0.25, -0.2) is 4.52 Å². The molecule has 2 fully saturated rings. The first-order chi connectivity index (χ1) is 12.0. The summed E-state index contributed by atoms with van der Waals surface area (Å²) in [4.78, 5) is 30.5. The average Bonchev–Trinajstić information content (AvgIpc) is 3.17. The van der Waals surface area contributed by atoms with Gasteiger partial charge in [-0.1, -0.05) is 6.92 Å². The Morgan fingerprint density at radius 1 is 1.40 bits per heavy atom. The molecule has 2 amide bonds. The van der Waals surface area contributed by atoms with Crippen molar-refractivity contribution >= 4 is 17.3 Å². The number of carbonyl (C=O) groups is 2. The first-order valence-electron chi connectivity index (χ1n) is 8.42. The molecule has 3 heterocycles. The minimum absolute atomic E-state index is 0.0856. The number of carbonyl (C=O) groups excluding carboxylic acids is 2. The Kier molecular flexibility index (Phi) is 3.72. The molecule has 8 nitrogen and oxygen atoms in total. The second-order valence-electron chi connectivity index (χ2n) is 7.05. The van der Waals surface area contributed by atoms with Gasteiger partial charge in [0.2, 0.25) is 5.91 Å². The number of hydrogen-bond donors (Lipinski definition) is 1. The number of methoxy groups -OCH3 is 1. The van der Waals surface area contributed by atoms with E-state index in [1.54, 1.807) is 41.3 Å². The molecule has 4 rings (SSSR count). The van der Waals surface area contributed by atoms with Crippen LogP contribution in [0.3, 0.4) is 0 Å². The minimum Gasteiger partial charge on any atom is -0.373 e. The van der Waals surface area contributed by atoms with Crippen LogP contribution in [0.1, 0.15) is 23.7 Å². The standard InChI is InChI=1S/C17H21N5O3/c1-11-5-12(11)15(23)19-8-17(25-2)9-21(10-17)16(24)13-6-20-22-4-3-18-7-14(13)22/h3-4,6-7,11-12H,5,8-10H2,1-2H3,(H,19,23)/t11-,12-/m0/s1. The van der Waals surface area contributed by atoms with Gasteiger partial charge in [-0.3, -0.25) is 14.6 Å². The van der Waals surface area contributed by atoms with E-state index in [2.05, 4.69) is 22.3 Å². The summed E-state index contributed by atoms with van der Waals surface area (Å²) < 4.78 is 7.22. The fraction of sp³-hybridized carbons (Fsp3) is 0.529. The lowest BCUT2D eigenvalue weighted by Gasteiger charge is -2.48. The highest BCUT2D eigenvalue weighted by Crippen LogP contribution is 2.38. The van der Waals surface area contributed by atoms with E-state index in [1.165, 1.54) is 0 Å². The maximum atomic E-state index is 12.7. The molecule has 0 spiro atoms. The smallest absolute Gasteiger partial charge is 0.257 e. The molecular weight excluding hydrogens is 322 g/mol. The van der Waals surface area contributed by atoms with Crippen LogP contribution in [0.4, 0.5) is 0 Å². The molecule has 8 heteroatoms. The van der Waals surface area contributed by atoms with Crippen molar-refractivity contribution in [2.75, 3.05) is 26.7 Å². The quantitative estimate of drug-likeness (QED) is 0.846. The lowest BCUT2D eigenvalue weighted by Crippen LogP contribution is -2.68. The van der Waals surface area contributed by atoms with Gasteiger partial charge in [0, 0.05) is 25.4 Å². The summed E-state index contributed by atoms with van der Waals surface area (Å²) >= 11 is 0. The highest BCUT2D eigenvalue weighted by Gasteiger charge is 2.47. The average molecular weight is 343 g/mol. The topological polar surface area (TPSA) is 88.8 Å². The first kappa shape index (κ1) is 16.0. The maximum absolute atomic E-state index is 12.7. The molecule has 25 heavy (non-hydrogen) atoms. The van der Waals surface area contributed by atoms with Gasteiger partial charge < -0.3 is 15.0 Å². The highest BCUT2D eigenvalue weighted by atomic mass is 16.5. The van der Waals surface area contributed by atoms with E-state index in [0.29, 0.717) is 36.6 Å². The molecular formula is C17H21N5O3. The molecule has 1 N–H and O–H groups in total. The number of fused-ring (bicyclic) bond motifs is 1. The summed E-state index contributed by atoms with van der Waals surface area (Å²) in [6, 6.07) is 0. The molecule has 2 aromatic heterocycles. The minimum atomic E-state index is -0.509. The van der Waals surface area contributed by atoms with Crippen LogP contribution < -0.4 is 5.32 Å². The fourth-order valence-electron chi connectivity index (χ4n) is 3.34. The molecule has 1 aliphatic carbocycles. The number of aromatic nitrogens is 3. The van der Waals surface area contributed by atoms with Crippen molar-refractivity contribution in [1.29, 1.82) is 0 Å². The van der Waals surface area contributed by atoms with Gasteiger partial charge in [-0.05, 0) is 12.3 Å². The van der Waals surface area contributed by atoms with E-state index in [0.717, 1.165) is 6.42 Å². The van der Waals surface area contributed by atoms with Gasteiger partial charge in [0.15, 0.2) is 0 Å². The van der Waals surface area contributed by atoms with Crippen molar-refractivity contribution in [2.45, 2.75) is 18.9 Å². The van der Waals surface area contributed by atoms with Crippen LogP contribution in [0.2, 0.25) is 0 Å². The molecule has 1 saturated carbocycles. The lowest BCUT2D eigenvalue weighted by molar-refractivity contribution is -0.130. The van der Waals surface area contributed by atoms with E-state index in [1.807, 2.05) is 0 Å². The van der Waals surface area contributed by atoms with E-state index in [4.69, 9.17) is 4.74 Å². The molecule has 132 valence electrons. The molecule has 1 saturated heterocycles. The Labute approximate surface area is 145 Å². The molecule has 2 atom stereocenters. The van der Waals surface area contributed by atoms with E-state index >= 15 is 0 Å². The Morgan fingerprint density at radius 2 is 2.16 bits per heavy atom. The molecule has 0 aromatic carbocycles. The number of nitrogens with one attached hydrogen (secondary N) is 1. The number of amides is 2. The fourth-order valence-corrected chi connectivity index (χ4v) is 3.34. The van der Waals surface area contributed by atoms with E-state index in [9.17, 15) is 9.59 Å². The second kappa shape index (κ2) is 5.80. The Morgan fingerprint density at radius 3 is 2.84 bits per heavy atom. The van der Waals surface area contributed by atoms with E-state index < -0.39 is 5.60 Å². The lowest BCUT2D eigenvalue weighted by atomic mass is 9.92. The zero-order valence-electron chi connectivity index (χ0n) is 14.3. The van der Waals surface area contributed by atoms with Crippen molar-refractivity contribution in [1.82, 2.24) is 24.8 Å². The molecule has 1 aliphatic heterocycles. The monoisotopic (exact) mass is 343 g/mol. The van der Waals surface area contributed by atoms with Crippen molar-refractivity contribution in [3.8, 4) is 0 Å². The first-order valence-corrected chi connectivity index (χ1v) is 8.42. The maximum Gasteiger partial charge on any atom is 0.257 e. The van der Waals surface area contributed by atoms with Crippen LogP contribution in [0.5, 0.6) is 0 Å². The summed E-state index contributed by atoms with van der Waals surface area (Å²) in [6.45, 7) is 3.39. The number of hydrogen-bond acceptors (Lipinski definition) is 5. The molecule has 2 aromatic rings. The van der Waals surface area contributed by atoms with Crippen LogP contribution in [0.25, 0.3) is 5.52 Å². The molecule has 0 bridgehead atoms. The number of likely N-dealkylation sites (tertiary alicyclic amines) is 1. The third-order valence-corrected chi connectivity index (χ3v) is 5.26. The van der Waals surface area contributed by atoms with Gasteiger partial charge in [-0.15, -0.1) is 0 Å². The molecule has 0 unspecified atom stereocenters. The summed E-state index contributed by atoms with van der Waals surface area (Å²) in [5.41, 5.74) is 0.692. The third-order valence-electron chi connectivity index (χ3n) is 5.26. The summed E-state index contributed by atoms with van der Waals surface area (Å²) in [7, 11) is 1.62. The van der Waals surface area contributed by atoms with Crippen molar-refractivity contribution in [3.63, 3.8) is 0 Å².